The molecule has 0 spiro atoms. The second-order valence-corrected chi connectivity index (χ2v) is 2.70. The standard InChI is InChI=1S/C5H13N3.C4H4O4/c1-6-5(7-2)8(3)4;5-3(6)1-2-4(7)8/h1-4H3,(H,6,7);1-2H,(H,5,6)(H,7,8)/b;2-1+. The van der Waals surface area contributed by atoms with Crippen LogP contribution in [0.25, 0.3) is 0 Å². The number of nitrogens with zero attached hydrogens (tertiary/aromatic N) is 2. The molecule has 0 bridgehead atoms. The van der Waals surface area contributed by atoms with Gasteiger partial charge in [0.05, 0.1) is 0 Å². The van der Waals surface area contributed by atoms with Crippen LogP contribution in [0.2, 0.25) is 0 Å². The highest BCUT2D eigenvalue weighted by atomic mass is 16.4. The molecule has 0 amide bonds. The Morgan fingerprint density at radius 3 is 1.62 bits per heavy atom. The zero-order valence-corrected chi connectivity index (χ0v) is 9.76. The van der Waals surface area contributed by atoms with E-state index in [0.717, 1.165) is 5.96 Å². The van der Waals surface area contributed by atoms with Crippen LogP contribution in [0.15, 0.2) is 17.1 Å². The first-order valence-corrected chi connectivity index (χ1v) is 4.30. The number of nitrogens with one attached hydrogen (secondary N) is 1. The number of hydrogen-bond acceptors (Lipinski definition) is 3. The molecule has 0 unspecified atom stereocenters. The van der Waals surface area contributed by atoms with Crippen LogP contribution in [0.4, 0.5) is 0 Å². The molecule has 0 aromatic rings. The minimum absolute atomic E-state index is 0.558. The van der Waals surface area contributed by atoms with Gasteiger partial charge in [-0.1, -0.05) is 0 Å². The summed E-state index contributed by atoms with van der Waals surface area (Å²) in [6.45, 7) is 0. The molecule has 0 aliphatic heterocycles. The van der Waals surface area contributed by atoms with Crippen molar-refractivity contribution in [3.05, 3.63) is 12.2 Å². The van der Waals surface area contributed by atoms with Gasteiger partial charge >= 0.3 is 11.9 Å². The molecule has 0 rings (SSSR count). The maximum atomic E-state index is 9.55. The highest BCUT2D eigenvalue weighted by Crippen LogP contribution is 1.73. The van der Waals surface area contributed by atoms with Crippen LogP contribution >= 0.6 is 0 Å². The fourth-order valence-electron chi connectivity index (χ4n) is 0.678. The number of aliphatic imine (C=N–C) groups is 1. The monoisotopic (exact) mass is 231 g/mol. The molecule has 0 aliphatic carbocycles. The number of carboxylic acid groups (broad SMARTS) is 2. The van der Waals surface area contributed by atoms with Crippen LogP contribution in [0, 0.1) is 0 Å². The second-order valence-electron chi connectivity index (χ2n) is 2.70. The molecule has 0 aliphatic rings. The summed E-state index contributed by atoms with van der Waals surface area (Å²) < 4.78 is 0. The summed E-state index contributed by atoms with van der Waals surface area (Å²) in [6, 6.07) is 0. The molecule has 0 atom stereocenters. The molecule has 0 radical (unpaired) electrons. The molecule has 0 heterocycles. The van der Waals surface area contributed by atoms with Gasteiger partial charge in [0.1, 0.15) is 0 Å². The van der Waals surface area contributed by atoms with Gasteiger partial charge in [-0.25, -0.2) is 9.59 Å². The number of rotatable bonds is 2. The Kier molecular flexibility index (Phi) is 9.73. The summed E-state index contributed by atoms with van der Waals surface area (Å²) in [4.78, 5) is 25.0. The number of carboxylic acids is 2. The van der Waals surface area contributed by atoms with Crippen LogP contribution in [0.3, 0.4) is 0 Å². The number of guanidine groups is 1. The van der Waals surface area contributed by atoms with E-state index in [1.807, 2.05) is 26.0 Å². The van der Waals surface area contributed by atoms with Crippen molar-refractivity contribution in [3.8, 4) is 0 Å². The average Bonchev–Trinajstić information content (AvgIpc) is 2.17. The van der Waals surface area contributed by atoms with E-state index in [0.29, 0.717) is 12.2 Å². The molecule has 0 saturated heterocycles. The maximum absolute atomic E-state index is 9.55. The lowest BCUT2D eigenvalue weighted by atomic mass is 10.5. The zero-order chi connectivity index (χ0) is 13.1. The molecule has 16 heavy (non-hydrogen) atoms. The molecule has 3 N–H and O–H groups in total. The third-order valence-electron chi connectivity index (χ3n) is 1.23. The Hall–Kier alpha value is -2.05. The Morgan fingerprint density at radius 2 is 1.56 bits per heavy atom. The summed E-state index contributed by atoms with van der Waals surface area (Å²) in [5.74, 6) is -1.62. The highest BCUT2D eigenvalue weighted by molar-refractivity contribution is 5.89. The van der Waals surface area contributed by atoms with Gasteiger partial charge in [0.25, 0.3) is 0 Å². The summed E-state index contributed by atoms with van der Waals surface area (Å²) in [5.41, 5.74) is 0. The average molecular weight is 231 g/mol. The zero-order valence-electron chi connectivity index (χ0n) is 9.76. The van der Waals surface area contributed by atoms with Crippen molar-refractivity contribution in [1.82, 2.24) is 10.2 Å². The second kappa shape index (κ2) is 9.50. The summed E-state index contributed by atoms with van der Waals surface area (Å²) in [5, 5.41) is 18.6. The van der Waals surface area contributed by atoms with Gasteiger partial charge in [-0.2, -0.15) is 0 Å². The lowest BCUT2D eigenvalue weighted by Crippen LogP contribution is -2.33. The van der Waals surface area contributed by atoms with Gasteiger partial charge in [0, 0.05) is 40.3 Å². The third-order valence-corrected chi connectivity index (χ3v) is 1.23. The minimum atomic E-state index is -1.26. The van der Waals surface area contributed by atoms with E-state index < -0.39 is 11.9 Å². The number of aliphatic carboxylic acids is 2. The largest absolute Gasteiger partial charge is 0.478 e. The van der Waals surface area contributed by atoms with E-state index in [-0.39, 0.29) is 0 Å². The molecule has 7 nitrogen and oxygen atoms in total. The van der Waals surface area contributed by atoms with Gasteiger partial charge in [0.2, 0.25) is 0 Å². The van der Waals surface area contributed by atoms with Crippen LogP contribution in [0.5, 0.6) is 0 Å². The molecule has 7 heteroatoms. The van der Waals surface area contributed by atoms with E-state index in [1.165, 1.54) is 0 Å². The van der Waals surface area contributed by atoms with Crippen LogP contribution in [0.1, 0.15) is 0 Å². The van der Waals surface area contributed by atoms with Crippen molar-refractivity contribution >= 4 is 17.9 Å². The molecule has 92 valence electrons. The molecule has 0 aromatic carbocycles. The van der Waals surface area contributed by atoms with Crippen molar-refractivity contribution in [1.29, 1.82) is 0 Å². The smallest absolute Gasteiger partial charge is 0.328 e. The van der Waals surface area contributed by atoms with Gasteiger partial charge in [-0.3, -0.25) is 4.99 Å². The Balaban J connectivity index is 0. The van der Waals surface area contributed by atoms with Crippen molar-refractivity contribution < 1.29 is 19.8 Å². The quantitative estimate of drug-likeness (QED) is 0.335. The van der Waals surface area contributed by atoms with Crippen LogP contribution in [-0.2, 0) is 9.59 Å². The molecule has 0 saturated carbocycles. The maximum Gasteiger partial charge on any atom is 0.328 e. The van der Waals surface area contributed by atoms with Gasteiger partial charge in [-0.05, 0) is 0 Å². The topological polar surface area (TPSA) is 102 Å². The lowest BCUT2D eigenvalue weighted by molar-refractivity contribution is -0.134. The van der Waals surface area contributed by atoms with Gasteiger partial charge in [-0.15, -0.1) is 0 Å². The first-order valence-electron chi connectivity index (χ1n) is 4.30. The van der Waals surface area contributed by atoms with Crippen LogP contribution < -0.4 is 5.32 Å². The summed E-state index contributed by atoms with van der Waals surface area (Å²) in [6.07, 6.45) is 1.12. The highest BCUT2D eigenvalue weighted by Gasteiger charge is 1.91. The van der Waals surface area contributed by atoms with E-state index >= 15 is 0 Å². The molecule has 0 aromatic heterocycles. The van der Waals surface area contributed by atoms with Crippen molar-refractivity contribution in [3.63, 3.8) is 0 Å². The Morgan fingerprint density at radius 1 is 1.19 bits per heavy atom. The lowest BCUT2D eigenvalue weighted by Gasteiger charge is -2.12. The Labute approximate surface area is 94.1 Å². The summed E-state index contributed by atoms with van der Waals surface area (Å²) in [7, 11) is 7.49. The molecular weight excluding hydrogens is 214 g/mol. The minimum Gasteiger partial charge on any atom is -0.478 e. The predicted molar refractivity (Wildman–Crippen MR) is 60.5 cm³/mol. The van der Waals surface area contributed by atoms with E-state index in [4.69, 9.17) is 10.2 Å². The normalized spacial score (nSPS) is 10.4. The first kappa shape index (κ1) is 16.4. The summed E-state index contributed by atoms with van der Waals surface area (Å²) >= 11 is 0. The Bertz CT molecular complexity index is 268. The van der Waals surface area contributed by atoms with Gasteiger partial charge < -0.3 is 20.4 Å². The number of carbonyl (C=O) groups is 2. The van der Waals surface area contributed by atoms with Crippen molar-refractivity contribution in [2.75, 3.05) is 28.2 Å². The van der Waals surface area contributed by atoms with Crippen LogP contribution in [-0.4, -0.2) is 61.2 Å². The van der Waals surface area contributed by atoms with E-state index in [2.05, 4.69) is 10.3 Å². The van der Waals surface area contributed by atoms with E-state index in [1.54, 1.807) is 7.05 Å². The first-order chi connectivity index (χ1) is 7.34. The SMILES string of the molecule is CN=C(NC)N(C)C.O=C(O)/C=C/C(=O)O. The predicted octanol–water partition coefficient (Wildman–Crippen LogP) is -0.535. The van der Waals surface area contributed by atoms with E-state index in [9.17, 15) is 9.59 Å². The molecular formula is C9H17N3O4. The van der Waals surface area contributed by atoms with Crippen molar-refractivity contribution in [2.24, 2.45) is 4.99 Å². The van der Waals surface area contributed by atoms with Gasteiger partial charge in [0.15, 0.2) is 5.96 Å². The molecule has 0 fully saturated rings. The fourth-order valence-corrected chi connectivity index (χ4v) is 0.678. The third kappa shape index (κ3) is 11.9. The fraction of sp³-hybridized carbons (Fsp3) is 0.444. The van der Waals surface area contributed by atoms with Crippen molar-refractivity contribution in [2.45, 2.75) is 0 Å². The number of hydrogen-bond donors (Lipinski definition) is 3.